The van der Waals surface area contributed by atoms with Crippen LogP contribution >= 0.6 is 0 Å². The minimum atomic E-state index is 0.540. The SMILES string of the molecule is Cc1cccc2c1c1c(n2CCc2ccccc2)CC(C)N(Cc2ccccc2)C1. The molecule has 2 heteroatoms. The first-order valence-corrected chi connectivity index (χ1v) is 11.1. The predicted molar refractivity (Wildman–Crippen MR) is 126 cm³/mol. The van der Waals surface area contributed by atoms with E-state index in [-0.39, 0.29) is 0 Å². The second-order valence-electron chi connectivity index (χ2n) is 8.73. The molecule has 0 bridgehead atoms. The van der Waals surface area contributed by atoms with E-state index in [9.17, 15) is 0 Å². The van der Waals surface area contributed by atoms with Gasteiger partial charge in [0.15, 0.2) is 0 Å². The first kappa shape index (κ1) is 19.1. The van der Waals surface area contributed by atoms with Crippen molar-refractivity contribution < 1.29 is 0 Å². The van der Waals surface area contributed by atoms with Crippen LogP contribution in [0, 0.1) is 6.92 Å². The Morgan fingerprint density at radius 3 is 2.27 bits per heavy atom. The maximum Gasteiger partial charge on any atom is 0.0488 e. The topological polar surface area (TPSA) is 8.17 Å². The lowest BCUT2D eigenvalue weighted by atomic mass is 9.97. The summed E-state index contributed by atoms with van der Waals surface area (Å²) in [6, 6.07) is 29.1. The molecule has 5 rings (SSSR count). The Labute approximate surface area is 179 Å². The summed E-state index contributed by atoms with van der Waals surface area (Å²) >= 11 is 0. The number of hydrogen-bond donors (Lipinski definition) is 0. The Bertz CT molecular complexity index is 1140. The molecule has 0 saturated carbocycles. The third-order valence-corrected chi connectivity index (χ3v) is 6.69. The monoisotopic (exact) mass is 394 g/mol. The molecule has 1 atom stereocenters. The van der Waals surface area contributed by atoms with E-state index in [1.807, 2.05) is 0 Å². The molecule has 0 radical (unpaired) electrons. The summed E-state index contributed by atoms with van der Waals surface area (Å²) in [6.45, 7) is 7.75. The van der Waals surface area contributed by atoms with Crippen LogP contribution in [0.5, 0.6) is 0 Å². The van der Waals surface area contributed by atoms with Crippen molar-refractivity contribution >= 4 is 10.9 Å². The van der Waals surface area contributed by atoms with Gasteiger partial charge in [-0.2, -0.15) is 0 Å². The van der Waals surface area contributed by atoms with Crippen molar-refractivity contribution in [1.29, 1.82) is 0 Å². The Morgan fingerprint density at radius 1 is 0.833 bits per heavy atom. The quantitative estimate of drug-likeness (QED) is 0.395. The van der Waals surface area contributed by atoms with Crippen LogP contribution in [0.2, 0.25) is 0 Å². The summed E-state index contributed by atoms with van der Waals surface area (Å²) in [7, 11) is 0. The summed E-state index contributed by atoms with van der Waals surface area (Å²) in [5.41, 5.74) is 8.71. The fourth-order valence-corrected chi connectivity index (χ4v) is 5.06. The molecule has 2 heterocycles. The van der Waals surface area contributed by atoms with E-state index in [0.29, 0.717) is 6.04 Å². The average Bonchev–Trinajstić information content (AvgIpc) is 3.07. The van der Waals surface area contributed by atoms with Crippen LogP contribution in [-0.2, 0) is 32.5 Å². The first-order valence-electron chi connectivity index (χ1n) is 11.1. The standard InChI is InChI=1S/C28H30N2/c1-21-10-9-15-26-28(21)25-20-29(19-24-13-7-4-8-14-24)22(2)18-27(25)30(26)17-16-23-11-5-3-6-12-23/h3-15,22H,16-20H2,1-2H3. The normalized spacial score (nSPS) is 16.7. The van der Waals surface area contributed by atoms with Gasteiger partial charge in [-0.1, -0.05) is 72.8 Å². The largest absolute Gasteiger partial charge is 0.344 e. The maximum absolute atomic E-state index is 2.64. The molecule has 1 aliphatic heterocycles. The van der Waals surface area contributed by atoms with Gasteiger partial charge in [0.05, 0.1) is 0 Å². The van der Waals surface area contributed by atoms with Crippen LogP contribution in [0.4, 0.5) is 0 Å². The molecule has 0 aliphatic carbocycles. The Balaban J connectivity index is 1.51. The molecule has 0 amide bonds. The molecule has 1 unspecified atom stereocenters. The highest BCUT2D eigenvalue weighted by atomic mass is 15.2. The molecule has 2 nitrogen and oxygen atoms in total. The second kappa shape index (κ2) is 8.12. The van der Waals surface area contributed by atoms with Crippen molar-refractivity contribution in [1.82, 2.24) is 9.47 Å². The number of aryl methyl sites for hydroxylation is 3. The van der Waals surface area contributed by atoms with Gasteiger partial charge in [-0.15, -0.1) is 0 Å². The molecule has 0 N–H and O–H groups in total. The summed E-state index contributed by atoms with van der Waals surface area (Å²) in [4.78, 5) is 2.64. The zero-order chi connectivity index (χ0) is 20.5. The molecule has 3 aromatic carbocycles. The van der Waals surface area contributed by atoms with Gasteiger partial charge >= 0.3 is 0 Å². The van der Waals surface area contributed by atoms with Crippen LogP contribution in [-0.4, -0.2) is 15.5 Å². The predicted octanol–water partition coefficient (Wildman–Crippen LogP) is 6.14. The smallest absolute Gasteiger partial charge is 0.0488 e. The van der Waals surface area contributed by atoms with Gasteiger partial charge < -0.3 is 4.57 Å². The summed E-state index contributed by atoms with van der Waals surface area (Å²) in [6.07, 6.45) is 2.19. The third-order valence-electron chi connectivity index (χ3n) is 6.69. The lowest BCUT2D eigenvalue weighted by molar-refractivity contribution is 0.173. The molecule has 30 heavy (non-hydrogen) atoms. The minimum absolute atomic E-state index is 0.540. The van der Waals surface area contributed by atoms with Crippen molar-refractivity contribution in [2.75, 3.05) is 0 Å². The highest BCUT2D eigenvalue weighted by Crippen LogP contribution is 2.35. The van der Waals surface area contributed by atoms with Gasteiger partial charge in [-0.3, -0.25) is 4.90 Å². The highest BCUT2D eigenvalue weighted by molar-refractivity contribution is 5.89. The molecule has 0 fully saturated rings. The van der Waals surface area contributed by atoms with Crippen LogP contribution in [0.15, 0.2) is 78.9 Å². The second-order valence-corrected chi connectivity index (χ2v) is 8.73. The van der Waals surface area contributed by atoms with E-state index in [1.54, 1.807) is 11.3 Å². The summed E-state index contributed by atoms with van der Waals surface area (Å²) in [5.74, 6) is 0. The molecule has 0 saturated heterocycles. The molecular weight excluding hydrogens is 364 g/mol. The fraction of sp³-hybridized carbons (Fsp3) is 0.286. The zero-order valence-electron chi connectivity index (χ0n) is 18.0. The number of nitrogens with zero attached hydrogens (tertiary/aromatic N) is 2. The zero-order valence-corrected chi connectivity index (χ0v) is 18.0. The molecule has 1 aliphatic rings. The van der Waals surface area contributed by atoms with Crippen molar-refractivity contribution in [2.24, 2.45) is 0 Å². The van der Waals surface area contributed by atoms with Gasteiger partial charge in [0.25, 0.3) is 0 Å². The number of fused-ring (bicyclic) bond motifs is 3. The summed E-state index contributed by atoms with van der Waals surface area (Å²) in [5, 5.41) is 1.48. The van der Waals surface area contributed by atoms with Gasteiger partial charge in [0.1, 0.15) is 0 Å². The number of benzene rings is 3. The third kappa shape index (κ3) is 3.57. The molecule has 4 aromatic rings. The van der Waals surface area contributed by atoms with Gasteiger partial charge in [0.2, 0.25) is 0 Å². The molecule has 1 aromatic heterocycles. The van der Waals surface area contributed by atoms with E-state index in [2.05, 4.69) is 102 Å². The lowest BCUT2D eigenvalue weighted by Crippen LogP contribution is -2.38. The molecule has 152 valence electrons. The molecule has 0 spiro atoms. The Kier molecular flexibility index (Phi) is 5.18. The van der Waals surface area contributed by atoms with E-state index in [0.717, 1.165) is 32.5 Å². The van der Waals surface area contributed by atoms with Crippen LogP contribution in [0.3, 0.4) is 0 Å². The Morgan fingerprint density at radius 2 is 1.53 bits per heavy atom. The van der Waals surface area contributed by atoms with Crippen LogP contribution in [0.1, 0.15) is 34.9 Å². The van der Waals surface area contributed by atoms with Crippen LogP contribution in [0.25, 0.3) is 10.9 Å². The van der Waals surface area contributed by atoms with Crippen molar-refractivity contribution in [2.45, 2.75) is 52.4 Å². The van der Waals surface area contributed by atoms with Gasteiger partial charge in [-0.05, 0) is 48.6 Å². The fourth-order valence-electron chi connectivity index (χ4n) is 5.06. The maximum atomic E-state index is 2.64. The van der Waals surface area contributed by atoms with Crippen LogP contribution < -0.4 is 0 Å². The van der Waals surface area contributed by atoms with Crippen molar-refractivity contribution in [3.63, 3.8) is 0 Å². The summed E-state index contributed by atoms with van der Waals surface area (Å²) < 4.78 is 2.61. The first-order chi connectivity index (χ1) is 14.7. The average molecular weight is 395 g/mol. The number of aromatic nitrogens is 1. The van der Waals surface area contributed by atoms with E-state index in [1.165, 1.54) is 27.6 Å². The van der Waals surface area contributed by atoms with Gasteiger partial charge in [-0.25, -0.2) is 0 Å². The van der Waals surface area contributed by atoms with Crippen molar-refractivity contribution in [3.05, 3.63) is 107 Å². The van der Waals surface area contributed by atoms with Gasteiger partial charge in [0, 0.05) is 48.7 Å². The van der Waals surface area contributed by atoms with E-state index in [4.69, 9.17) is 0 Å². The number of hydrogen-bond acceptors (Lipinski definition) is 1. The number of rotatable bonds is 5. The van der Waals surface area contributed by atoms with E-state index >= 15 is 0 Å². The minimum Gasteiger partial charge on any atom is -0.344 e. The van der Waals surface area contributed by atoms with Crippen molar-refractivity contribution in [3.8, 4) is 0 Å². The van der Waals surface area contributed by atoms with E-state index < -0.39 is 0 Å². The highest BCUT2D eigenvalue weighted by Gasteiger charge is 2.29. The lowest BCUT2D eigenvalue weighted by Gasteiger charge is -2.34. The Hall–Kier alpha value is -2.84. The molecular formula is C28H30N2.